The second kappa shape index (κ2) is 7.81. The van der Waals surface area contributed by atoms with Crippen molar-refractivity contribution in [3.63, 3.8) is 0 Å². The van der Waals surface area contributed by atoms with Gasteiger partial charge >= 0.3 is 12.0 Å². The van der Waals surface area contributed by atoms with Gasteiger partial charge in [-0.15, -0.1) is 0 Å². The first-order valence-electron chi connectivity index (χ1n) is 10.2. The zero-order chi connectivity index (χ0) is 19.7. The van der Waals surface area contributed by atoms with Crippen LogP contribution in [0.25, 0.3) is 0 Å². The number of rotatable bonds is 5. The van der Waals surface area contributed by atoms with Crippen molar-refractivity contribution in [2.75, 3.05) is 6.54 Å². The van der Waals surface area contributed by atoms with Gasteiger partial charge in [-0.2, -0.15) is 0 Å². The Hall–Kier alpha value is -2.57. The maximum absolute atomic E-state index is 12.4. The molecule has 3 N–H and O–H groups in total. The summed E-state index contributed by atoms with van der Waals surface area (Å²) in [5, 5.41) is 14.9. The molecule has 2 saturated carbocycles. The summed E-state index contributed by atoms with van der Waals surface area (Å²) >= 11 is 0. The van der Waals surface area contributed by atoms with Crippen molar-refractivity contribution in [3.8, 4) is 0 Å². The fraction of sp³-hybridized carbons (Fsp3) is 0.571. The summed E-state index contributed by atoms with van der Waals surface area (Å²) < 4.78 is 0. The predicted molar refractivity (Wildman–Crippen MR) is 103 cm³/mol. The molecule has 7 nitrogen and oxygen atoms in total. The molecule has 3 atom stereocenters. The number of carboxylic acids is 1. The molecule has 0 aromatic heterocycles. The average Bonchev–Trinajstić information content (AvgIpc) is 3.39. The van der Waals surface area contributed by atoms with Crippen LogP contribution in [0.1, 0.15) is 50.0 Å². The molecule has 0 radical (unpaired) electrons. The lowest BCUT2D eigenvalue weighted by Crippen LogP contribution is -2.48. The number of nitrogens with zero attached hydrogens (tertiary/aromatic N) is 1. The number of likely N-dealkylation sites (tertiary alicyclic amines) is 1. The van der Waals surface area contributed by atoms with E-state index in [1.165, 1.54) is 5.56 Å². The van der Waals surface area contributed by atoms with Crippen LogP contribution in [0.15, 0.2) is 30.3 Å². The third-order valence-corrected chi connectivity index (χ3v) is 6.29. The largest absolute Gasteiger partial charge is 0.481 e. The van der Waals surface area contributed by atoms with Crippen molar-refractivity contribution in [1.29, 1.82) is 0 Å². The van der Waals surface area contributed by atoms with Crippen molar-refractivity contribution >= 4 is 17.9 Å². The van der Waals surface area contributed by atoms with Crippen molar-refractivity contribution in [3.05, 3.63) is 35.9 Å². The van der Waals surface area contributed by atoms with Crippen LogP contribution < -0.4 is 10.6 Å². The molecule has 3 fully saturated rings. The fourth-order valence-corrected chi connectivity index (χ4v) is 4.63. The van der Waals surface area contributed by atoms with Gasteiger partial charge in [0.25, 0.3) is 0 Å². The second-order valence-electron chi connectivity index (χ2n) is 8.27. The molecular formula is C21H27N3O4. The lowest BCUT2D eigenvalue weighted by atomic mass is 9.86. The third kappa shape index (κ3) is 4.13. The maximum atomic E-state index is 12.4. The summed E-state index contributed by atoms with van der Waals surface area (Å²) in [6.07, 6.45) is 3.89. The zero-order valence-corrected chi connectivity index (χ0v) is 15.8. The topological polar surface area (TPSA) is 98.7 Å². The number of urea groups is 1. The van der Waals surface area contributed by atoms with Crippen molar-refractivity contribution in [2.24, 2.45) is 5.92 Å². The summed E-state index contributed by atoms with van der Waals surface area (Å²) in [7, 11) is 0. The van der Waals surface area contributed by atoms with Gasteiger partial charge in [0.2, 0.25) is 5.91 Å². The first-order valence-corrected chi connectivity index (χ1v) is 10.2. The quantitative estimate of drug-likeness (QED) is 0.723. The summed E-state index contributed by atoms with van der Waals surface area (Å²) in [6, 6.07) is 10.1. The Morgan fingerprint density at radius 3 is 2.36 bits per heavy atom. The van der Waals surface area contributed by atoms with Crippen LogP contribution in [-0.4, -0.2) is 52.6 Å². The molecule has 0 bridgehead atoms. The van der Waals surface area contributed by atoms with E-state index in [9.17, 15) is 14.4 Å². The average molecular weight is 385 g/mol. The number of carbonyl (C=O) groups excluding carboxylic acids is 2. The van der Waals surface area contributed by atoms with E-state index in [1.807, 2.05) is 23.1 Å². The maximum Gasteiger partial charge on any atom is 0.315 e. The van der Waals surface area contributed by atoms with Gasteiger partial charge in [0.1, 0.15) is 0 Å². The van der Waals surface area contributed by atoms with Gasteiger partial charge in [-0.3, -0.25) is 9.59 Å². The van der Waals surface area contributed by atoms with E-state index in [-0.39, 0.29) is 36.0 Å². The number of carboxylic acid groups (broad SMARTS) is 1. The zero-order valence-electron chi connectivity index (χ0n) is 15.8. The van der Waals surface area contributed by atoms with E-state index in [2.05, 4.69) is 22.8 Å². The Bertz CT molecular complexity index is 745. The molecule has 3 aliphatic rings. The Kier molecular flexibility index (Phi) is 5.24. The molecule has 3 unspecified atom stereocenters. The first-order chi connectivity index (χ1) is 13.5. The van der Waals surface area contributed by atoms with E-state index in [0.29, 0.717) is 44.6 Å². The Morgan fingerprint density at radius 2 is 1.68 bits per heavy atom. The lowest BCUT2D eigenvalue weighted by Gasteiger charge is -2.27. The van der Waals surface area contributed by atoms with Crippen LogP contribution in [0.3, 0.4) is 0 Å². The lowest BCUT2D eigenvalue weighted by molar-refractivity contribution is -0.142. The van der Waals surface area contributed by atoms with E-state index in [0.717, 1.165) is 6.42 Å². The molecule has 7 heteroatoms. The summed E-state index contributed by atoms with van der Waals surface area (Å²) in [5.74, 6) is -0.530. The van der Waals surface area contributed by atoms with Crippen molar-refractivity contribution < 1.29 is 19.5 Å². The van der Waals surface area contributed by atoms with Crippen molar-refractivity contribution in [1.82, 2.24) is 15.5 Å². The number of nitrogens with one attached hydrogen (secondary N) is 2. The Balaban J connectivity index is 1.23. The molecule has 2 aliphatic carbocycles. The van der Waals surface area contributed by atoms with E-state index >= 15 is 0 Å². The highest BCUT2D eigenvalue weighted by Gasteiger charge is 2.48. The molecule has 1 aromatic rings. The van der Waals surface area contributed by atoms with Gasteiger partial charge in [0.05, 0.1) is 12.0 Å². The smallest absolute Gasteiger partial charge is 0.315 e. The SMILES string of the molecule is O=C(NC1CCC(C(=O)O)CC1)NC1CC(=O)N(C2CC2c2ccccc2)C1. The molecule has 0 spiro atoms. The van der Waals surface area contributed by atoms with Crippen molar-refractivity contribution in [2.45, 2.75) is 62.6 Å². The summed E-state index contributed by atoms with van der Waals surface area (Å²) in [4.78, 5) is 37.6. The number of hydrogen-bond donors (Lipinski definition) is 3. The molecule has 1 heterocycles. The molecule has 150 valence electrons. The Morgan fingerprint density at radius 1 is 1.00 bits per heavy atom. The Labute approximate surface area is 164 Å². The second-order valence-corrected chi connectivity index (χ2v) is 8.27. The minimum Gasteiger partial charge on any atom is -0.481 e. The van der Waals surface area contributed by atoms with Crippen LogP contribution in [0, 0.1) is 5.92 Å². The standard InChI is InChI=1S/C21H27N3O4/c25-19-10-16(12-24(19)18-11-17(18)13-4-2-1-3-5-13)23-21(28)22-15-8-6-14(7-9-15)20(26)27/h1-5,14-18H,6-12H2,(H,26,27)(H2,22,23,28). The highest BCUT2D eigenvalue weighted by atomic mass is 16.4. The van der Waals surface area contributed by atoms with E-state index in [1.54, 1.807) is 0 Å². The number of hydrogen-bond acceptors (Lipinski definition) is 3. The monoisotopic (exact) mass is 385 g/mol. The number of carbonyl (C=O) groups is 3. The minimum atomic E-state index is -0.749. The van der Waals surface area contributed by atoms with Crippen LogP contribution in [-0.2, 0) is 9.59 Å². The minimum absolute atomic E-state index is 0.00898. The van der Waals surface area contributed by atoms with Gasteiger partial charge < -0.3 is 20.6 Å². The highest BCUT2D eigenvalue weighted by Crippen LogP contribution is 2.45. The molecule has 1 aromatic carbocycles. The fourth-order valence-electron chi connectivity index (χ4n) is 4.63. The first kappa shape index (κ1) is 18.8. The van der Waals surface area contributed by atoms with Crippen LogP contribution in [0.2, 0.25) is 0 Å². The molecule has 1 aliphatic heterocycles. The van der Waals surface area contributed by atoms with Gasteiger partial charge in [-0.1, -0.05) is 30.3 Å². The van der Waals surface area contributed by atoms with Gasteiger partial charge in [0.15, 0.2) is 0 Å². The van der Waals surface area contributed by atoms with Gasteiger partial charge in [-0.25, -0.2) is 4.79 Å². The number of amides is 3. The molecular weight excluding hydrogens is 358 g/mol. The van der Waals surface area contributed by atoms with Gasteiger partial charge in [0, 0.05) is 31.0 Å². The van der Waals surface area contributed by atoms with Crippen LogP contribution in [0.5, 0.6) is 0 Å². The molecule has 1 saturated heterocycles. The third-order valence-electron chi connectivity index (χ3n) is 6.29. The molecule has 3 amide bonds. The number of benzene rings is 1. The molecule has 28 heavy (non-hydrogen) atoms. The highest BCUT2D eigenvalue weighted by molar-refractivity contribution is 5.82. The predicted octanol–water partition coefficient (Wildman–Crippen LogP) is 2.09. The number of aliphatic carboxylic acids is 1. The summed E-state index contributed by atoms with van der Waals surface area (Å²) in [5.41, 5.74) is 1.27. The normalized spacial score (nSPS) is 32.1. The summed E-state index contributed by atoms with van der Waals surface area (Å²) in [6.45, 7) is 0.562. The van der Waals surface area contributed by atoms with Crippen LogP contribution >= 0.6 is 0 Å². The van der Waals surface area contributed by atoms with E-state index in [4.69, 9.17) is 5.11 Å². The molecule has 4 rings (SSSR count). The van der Waals surface area contributed by atoms with Gasteiger partial charge in [-0.05, 0) is 37.7 Å². The van der Waals surface area contributed by atoms with Crippen LogP contribution in [0.4, 0.5) is 4.79 Å². The van der Waals surface area contributed by atoms with E-state index < -0.39 is 5.97 Å².